The molecule has 0 saturated carbocycles. The molecule has 0 radical (unpaired) electrons. The molecule has 0 saturated heterocycles. The van der Waals surface area contributed by atoms with E-state index in [0.29, 0.717) is 0 Å². The Balaban J connectivity index is 3.72. The van der Waals surface area contributed by atoms with Gasteiger partial charge in [-0.1, -0.05) is 26.7 Å². The number of unbranched alkanes of at least 4 members (excludes halogenated alkanes) is 2. The zero-order valence-corrected chi connectivity index (χ0v) is 7.84. The van der Waals surface area contributed by atoms with Crippen LogP contribution in [-0.4, -0.2) is 21.8 Å². The summed E-state index contributed by atoms with van der Waals surface area (Å²) in [6, 6.07) is 0. The van der Waals surface area contributed by atoms with Crippen molar-refractivity contribution in [3.63, 3.8) is 0 Å². The summed E-state index contributed by atoms with van der Waals surface area (Å²) in [5.74, 6) is -2.55. The summed E-state index contributed by atoms with van der Waals surface area (Å²) in [7, 11) is 0. The number of Topliss-reactive ketones (excluding diaryl/α,β-unsaturated/α-hetero) is 1. The van der Waals surface area contributed by atoms with Crippen molar-refractivity contribution in [3.8, 4) is 0 Å². The molecule has 0 bridgehead atoms. The van der Waals surface area contributed by atoms with Crippen molar-refractivity contribution in [2.75, 3.05) is 0 Å². The second-order valence-corrected chi connectivity index (χ2v) is 3.05. The van der Waals surface area contributed by atoms with Gasteiger partial charge in [0.1, 0.15) is 0 Å². The second kappa shape index (κ2) is 5.27. The van der Waals surface area contributed by atoms with Crippen LogP contribution in [-0.2, 0) is 4.79 Å². The first-order valence-electron chi connectivity index (χ1n) is 4.52. The minimum atomic E-state index is -2.09. The Labute approximate surface area is 73.4 Å². The molecule has 0 aromatic carbocycles. The van der Waals surface area contributed by atoms with Gasteiger partial charge in [-0.05, 0) is 6.42 Å². The molecule has 0 aromatic rings. The summed E-state index contributed by atoms with van der Waals surface area (Å²) in [5.41, 5.74) is 0. The average Bonchev–Trinajstić information content (AvgIpc) is 2.05. The van der Waals surface area contributed by atoms with Crippen LogP contribution in [0.15, 0.2) is 0 Å². The highest BCUT2D eigenvalue weighted by molar-refractivity contribution is 5.85. The molecule has 0 amide bonds. The molecule has 2 N–H and O–H groups in total. The lowest BCUT2D eigenvalue weighted by molar-refractivity contribution is -0.183. The lowest BCUT2D eigenvalue weighted by Gasteiger charge is -2.17. The van der Waals surface area contributed by atoms with Gasteiger partial charge in [-0.15, -0.1) is 0 Å². The first kappa shape index (κ1) is 11.6. The van der Waals surface area contributed by atoms with Gasteiger partial charge < -0.3 is 10.2 Å². The van der Waals surface area contributed by atoms with Gasteiger partial charge in [0.25, 0.3) is 0 Å². The molecule has 0 rings (SSSR count). The van der Waals surface area contributed by atoms with Crippen LogP contribution in [0.2, 0.25) is 0 Å². The fourth-order valence-corrected chi connectivity index (χ4v) is 0.933. The van der Waals surface area contributed by atoms with Gasteiger partial charge in [-0.3, -0.25) is 4.79 Å². The number of ketones is 1. The molecule has 3 nitrogen and oxygen atoms in total. The zero-order valence-electron chi connectivity index (χ0n) is 7.84. The topological polar surface area (TPSA) is 57.5 Å². The van der Waals surface area contributed by atoms with Gasteiger partial charge in [0, 0.05) is 12.8 Å². The third-order valence-electron chi connectivity index (χ3n) is 1.95. The molecule has 0 unspecified atom stereocenters. The molecular weight excluding hydrogens is 156 g/mol. The van der Waals surface area contributed by atoms with Crippen LogP contribution in [0, 0.1) is 0 Å². The van der Waals surface area contributed by atoms with E-state index in [2.05, 4.69) is 0 Å². The van der Waals surface area contributed by atoms with Crippen molar-refractivity contribution in [1.29, 1.82) is 0 Å². The Hall–Kier alpha value is -0.410. The van der Waals surface area contributed by atoms with Crippen molar-refractivity contribution in [3.05, 3.63) is 0 Å². The number of carbonyl (C=O) groups is 1. The maximum absolute atomic E-state index is 11.1. The van der Waals surface area contributed by atoms with Crippen molar-refractivity contribution >= 4 is 5.78 Å². The summed E-state index contributed by atoms with van der Waals surface area (Å²) >= 11 is 0. The van der Waals surface area contributed by atoms with E-state index in [9.17, 15) is 4.79 Å². The van der Waals surface area contributed by atoms with E-state index >= 15 is 0 Å². The van der Waals surface area contributed by atoms with Crippen molar-refractivity contribution in [2.24, 2.45) is 0 Å². The second-order valence-electron chi connectivity index (χ2n) is 3.05. The fraction of sp³-hybridized carbons (Fsp3) is 0.889. The van der Waals surface area contributed by atoms with Gasteiger partial charge >= 0.3 is 0 Å². The molecule has 72 valence electrons. The van der Waals surface area contributed by atoms with Crippen LogP contribution < -0.4 is 0 Å². The molecule has 0 atom stereocenters. The van der Waals surface area contributed by atoms with Gasteiger partial charge in [0.15, 0.2) is 5.78 Å². The van der Waals surface area contributed by atoms with Crippen LogP contribution in [0.5, 0.6) is 0 Å². The molecule has 0 aliphatic heterocycles. The van der Waals surface area contributed by atoms with Crippen LogP contribution in [0.1, 0.15) is 46.0 Å². The van der Waals surface area contributed by atoms with Crippen LogP contribution >= 0.6 is 0 Å². The third-order valence-corrected chi connectivity index (χ3v) is 1.95. The highest BCUT2D eigenvalue weighted by Crippen LogP contribution is 2.11. The molecule has 0 aliphatic rings. The lowest BCUT2D eigenvalue weighted by Crippen LogP contribution is -2.37. The van der Waals surface area contributed by atoms with Crippen molar-refractivity contribution in [2.45, 2.75) is 51.7 Å². The molecule has 0 aliphatic carbocycles. The van der Waals surface area contributed by atoms with E-state index in [4.69, 9.17) is 10.2 Å². The van der Waals surface area contributed by atoms with Gasteiger partial charge in [0.2, 0.25) is 5.79 Å². The molecular formula is C9H18O3. The van der Waals surface area contributed by atoms with E-state index in [-0.39, 0.29) is 12.8 Å². The molecule has 0 fully saturated rings. The summed E-state index contributed by atoms with van der Waals surface area (Å²) in [6.45, 7) is 3.62. The summed E-state index contributed by atoms with van der Waals surface area (Å²) in [5, 5.41) is 18.2. The lowest BCUT2D eigenvalue weighted by atomic mass is 10.0. The number of aliphatic hydroxyl groups is 2. The first-order valence-corrected chi connectivity index (χ1v) is 4.52. The van der Waals surface area contributed by atoms with E-state index in [1.54, 1.807) is 6.92 Å². The first-order chi connectivity index (χ1) is 5.54. The Morgan fingerprint density at radius 3 is 2.25 bits per heavy atom. The number of hydrogen-bond donors (Lipinski definition) is 2. The largest absolute Gasteiger partial charge is 0.360 e. The van der Waals surface area contributed by atoms with Gasteiger partial charge in [0.05, 0.1) is 0 Å². The van der Waals surface area contributed by atoms with E-state index in [0.717, 1.165) is 19.3 Å². The standard InChI is InChI=1S/C9H18O3/c1-3-5-6-7-8(10)9(11,12)4-2/h11-12H,3-7H2,1-2H3. The summed E-state index contributed by atoms with van der Waals surface area (Å²) in [4.78, 5) is 11.1. The molecule has 0 spiro atoms. The minimum Gasteiger partial charge on any atom is -0.360 e. The fourth-order valence-electron chi connectivity index (χ4n) is 0.933. The normalized spacial score (nSPS) is 11.7. The van der Waals surface area contributed by atoms with E-state index in [1.807, 2.05) is 6.92 Å². The van der Waals surface area contributed by atoms with E-state index < -0.39 is 11.6 Å². The predicted molar refractivity (Wildman–Crippen MR) is 46.6 cm³/mol. The third kappa shape index (κ3) is 3.83. The number of hydrogen-bond acceptors (Lipinski definition) is 3. The SMILES string of the molecule is CCCCCC(=O)C(O)(O)CC. The van der Waals surface area contributed by atoms with Gasteiger partial charge in [-0.2, -0.15) is 0 Å². The highest BCUT2D eigenvalue weighted by atomic mass is 16.5. The predicted octanol–water partition coefficient (Wildman–Crippen LogP) is 1.23. The number of rotatable bonds is 6. The summed E-state index contributed by atoms with van der Waals surface area (Å²) in [6.07, 6.45) is 3.08. The molecule has 0 aromatic heterocycles. The minimum absolute atomic E-state index is 0.0674. The number of carbonyl (C=O) groups excluding carboxylic acids is 1. The molecule has 3 heteroatoms. The smallest absolute Gasteiger partial charge is 0.223 e. The Kier molecular flexibility index (Phi) is 5.09. The Morgan fingerprint density at radius 2 is 1.83 bits per heavy atom. The monoisotopic (exact) mass is 174 g/mol. The Morgan fingerprint density at radius 1 is 1.25 bits per heavy atom. The molecule has 0 heterocycles. The maximum Gasteiger partial charge on any atom is 0.223 e. The van der Waals surface area contributed by atoms with Crippen LogP contribution in [0.4, 0.5) is 0 Å². The van der Waals surface area contributed by atoms with Crippen molar-refractivity contribution in [1.82, 2.24) is 0 Å². The quantitative estimate of drug-likeness (QED) is 0.470. The van der Waals surface area contributed by atoms with Crippen molar-refractivity contribution < 1.29 is 15.0 Å². The van der Waals surface area contributed by atoms with E-state index in [1.165, 1.54) is 0 Å². The van der Waals surface area contributed by atoms with Crippen LogP contribution in [0.3, 0.4) is 0 Å². The van der Waals surface area contributed by atoms with Crippen LogP contribution in [0.25, 0.3) is 0 Å². The highest BCUT2D eigenvalue weighted by Gasteiger charge is 2.29. The summed E-state index contributed by atoms with van der Waals surface area (Å²) < 4.78 is 0. The maximum atomic E-state index is 11.1. The Bertz CT molecular complexity index is 141. The van der Waals surface area contributed by atoms with Gasteiger partial charge in [-0.25, -0.2) is 0 Å². The molecule has 12 heavy (non-hydrogen) atoms. The average molecular weight is 174 g/mol. The zero-order chi connectivity index (χ0) is 9.61.